The Morgan fingerprint density at radius 3 is 2.63 bits per heavy atom. The van der Waals surface area contributed by atoms with Gasteiger partial charge in [0.1, 0.15) is 10.0 Å². The molecule has 0 amide bonds. The van der Waals surface area contributed by atoms with Gasteiger partial charge < -0.3 is 5.73 Å². The summed E-state index contributed by atoms with van der Waals surface area (Å²) in [5.74, 6) is -0.533. The van der Waals surface area contributed by atoms with Crippen LogP contribution in [-0.2, 0) is 10.0 Å². The summed E-state index contributed by atoms with van der Waals surface area (Å²) in [5.41, 5.74) is 6.69. The summed E-state index contributed by atoms with van der Waals surface area (Å²) in [5, 5.41) is 1.53. The highest BCUT2D eigenvalue weighted by Crippen LogP contribution is 2.28. The van der Waals surface area contributed by atoms with Gasteiger partial charge in [-0.05, 0) is 46.6 Å². The topological polar surface area (TPSA) is 72.2 Å². The quantitative estimate of drug-likeness (QED) is 0.876. The van der Waals surface area contributed by atoms with Crippen LogP contribution in [0.2, 0.25) is 0 Å². The van der Waals surface area contributed by atoms with Gasteiger partial charge in [0.25, 0.3) is 10.0 Å². The first-order valence-electron chi connectivity index (χ1n) is 5.12. The van der Waals surface area contributed by atoms with Crippen molar-refractivity contribution in [2.75, 3.05) is 10.5 Å². The van der Waals surface area contributed by atoms with Gasteiger partial charge in [-0.25, -0.2) is 12.8 Å². The monoisotopic (exact) mass is 364 g/mol. The number of aryl methyl sites for hydroxylation is 1. The number of anilines is 2. The van der Waals surface area contributed by atoms with Crippen LogP contribution in [0.5, 0.6) is 0 Å². The molecule has 2 aromatic rings. The molecule has 1 aromatic carbocycles. The Morgan fingerprint density at radius 2 is 2.05 bits per heavy atom. The molecule has 0 saturated carbocycles. The molecule has 3 N–H and O–H groups in total. The number of halogens is 2. The average Bonchev–Trinajstić information content (AvgIpc) is 2.73. The average molecular weight is 365 g/mol. The molecule has 0 spiro atoms. The van der Waals surface area contributed by atoms with E-state index in [9.17, 15) is 12.8 Å². The zero-order valence-electron chi connectivity index (χ0n) is 9.78. The zero-order chi connectivity index (χ0) is 14.2. The second kappa shape index (κ2) is 5.10. The fraction of sp³-hybridized carbons (Fsp3) is 0.0909. The Morgan fingerprint density at radius 1 is 1.37 bits per heavy atom. The number of sulfonamides is 1. The molecule has 8 heteroatoms. The molecule has 0 bridgehead atoms. The zero-order valence-corrected chi connectivity index (χ0v) is 13.0. The van der Waals surface area contributed by atoms with Crippen molar-refractivity contribution < 1.29 is 12.8 Å². The van der Waals surface area contributed by atoms with Gasteiger partial charge in [0.05, 0.1) is 10.2 Å². The summed E-state index contributed by atoms with van der Waals surface area (Å²) in [6.07, 6.45) is 0. The van der Waals surface area contributed by atoms with Crippen molar-refractivity contribution >= 4 is 48.7 Å². The number of thiophene rings is 1. The van der Waals surface area contributed by atoms with Gasteiger partial charge >= 0.3 is 0 Å². The Kier molecular flexibility index (Phi) is 3.84. The lowest BCUT2D eigenvalue weighted by atomic mass is 10.2. The van der Waals surface area contributed by atoms with E-state index in [1.54, 1.807) is 6.92 Å². The van der Waals surface area contributed by atoms with Gasteiger partial charge in [0.2, 0.25) is 0 Å². The maximum Gasteiger partial charge on any atom is 0.271 e. The molecular formula is C11H10BrFN2O2S2. The fourth-order valence-electron chi connectivity index (χ4n) is 1.42. The molecule has 1 heterocycles. The molecule has 2 rings (SSSR count). The predicted molar refractivity (Wildman–Crippen MR) is 78.4 cm³/mol. The summed E-state index contributed by atoms with van der Waals surface area (Å²) in [7, 11) is -3.74. The molecule has 0 saturated heterocycles. The van der Waals surface area contributed by atoms with Crippen LogP contribution in [0.1, 0.15) is 5.56 Å². The van der Waals surface area contributed by atoms with Crippen LogP contribution in [-0.4, -0.2) is 8.42 Å². The molecule has 19 heavy (non-hydrogen) atoms. The summed E-state index contributed by atoms with van der Waals surface area (Å²) in [6, 6.07) is 4.00. The SMILES string of the molecule is Cc1cc(Br)c(F)cc1NS(=O)(=O)c1cc(N)cs1. The number of rotatable bonds is 3. The van der Waals surface area contributed by atoms with Crippen molar-refractivity contribution in [3.8, 4) is 0 Å². The highest BCUT2D eigenvalue weighted by Gasteiger charge is 2.18. The van der Waals surface area contributed by atoms with Crippen LogP contribution in [0.3, 0.4) is 0 Å². The molecular weight excluding hydrogens is 355 g/mol. The minimum atomic E-state index is -3.74. The number of hydrogen-bond acceptors (Lipinski definition) is 4. The van der Waals surface area contributed by atoms with E-state index >= 15 is 0 Å². The normalized spacial score (nSPS) is 11.5. The van der Waals surface area contributed by atoms with Gasteiger partial charge in [-0.2, -0.15) is 0 Å². The minimum absolute atomic E-state index is 0.0905. The second-order valence-electron chi connectivity index (χ2n) is 3.89. The Balaban J connectivity index is 2.38. The highest BCUT2D eigenvalue weighted by atomic mass is 79.9. The largest absolute Gasteiger partial charge is 0.398 e. The number of hydrogen-bond donors (Lipinski definition) is 2. The summed E-state index contributed by atoms with van der Waals surface area (Å²) in [6.45, 7) is 1.69. The molecule has 0 aliphatic carbocycles. The summed E-state index contributed by atoms with van der Waals surface area (Å²) >= 11 is 4.05. The van der Waals surface area contributed by atoms with Gasteiger partial charge in [-0.15, -0.1) is 11.3 Å². The third-order valence-corrected chi connectivity index (χ3v) is 5.80. The number of nitrogens with two attached hydrogens (primary N) is 1. The molecule has 4 nitrogen and oxygen atoms in total. The van der Waals surface area contributed by atoms with Gasteiger partial charge in [0.15, 0.2) is 0 Å². The Bertz CT molecular complexity index is 728. The molecule has 0 unspecified atom stereocenters. The molecule has 0 aliphatic rings. The van der Waals surface area contributed by atoms with E-state index < -0.39 is 15.8 Å². The minimum Gasteiger partial charge on any atom is -0.398 e. The van der Waals surface area contributed by atoms with Gasteiger partial charge in [0, 0.05) is 11.1 Å². The van der Waals surface area contributed by atoms with Crippen molar-refractivity contribution in [1.29, 1.82) is 0 Å². The van der Waals surface area contributed by atoms with Gasteiger partial charge in [-0.3, -0.25) is 4.72 Å². The predicted octanol–water partition coefficient (Wildman–Crippen LogP) is 3.34. The highest BCUT2D eigenvalue weighted by molar-refractivity contribution is 9.10. The van der Waals surface area contributed by atoms with E-state index in [0.717, 1.165) is 17.4 Å². The lowest BCUT2D eigenvalue weighted by molar-refractivity contribution is 0.603. The van der Waals surface area contributed by atoms with E-state index in [1.165, 1.54) is 17.5 Å². The van der Waals surface area contributed by atoms with Crippen LogP contribution in [0.15, 0.2) is 32.3 Å². The maximum absolute atomic E-state index is 13.4. The summed E-state index contributed by atoms with van der Waals surface area (Å²) in [4.78, 5) is 0. The van der Waals surface area contributed by atoms with Crippen molar-refractivity contribution in [3.63, 3.8) is 0 Å². The third-order valence-electron chi connectivity index (χ3n) is 2.37. The third kappa shape index (κ3) is 3.07. The maximum atomic E-state index is 13.4. The molecule has 0 aliphatic heterocycles. The van der Waals surface area contributed by atoms with Crippen molar-refractivity contribution in [2.45, 2.75) is 11.1 Å². The first kappa shape index (κ1) is 14.3. The standard InChI is InChI=1S/C11H10BrFN2O2S2/c1-6-2-8(12)9(13)4-10(6)15-19(16,17)11-3-7(14)5-18-11/h2-5,15H,14H2,1H3. The fourth-order valence-corrected chi connectivity index (χ4v) is 4.08. The van der Waals surface area contributed by atoms with Crippen LogP contribution in [0.25, 0.3) is 0 Å². The lowest BCUT2D eigenvalue weighted by Gasteiger charge is -2.10. The number of nitrogens with one attached hydrogen (secondary N) is 1. The van der Waals surface area contributed by atoms with E-state index in [2.05, 4.69) is 20.7 Å². The molecule has 0 radical (unpaired) electrons. The van der Waals surface area contributed by atoms with Crippen LogP contribution in [0, 0.1) is 12.7 Å². The van der Waals surface area contributed by atoms with Gasteiger partial charge in [-0.1, -0.05) is 0 Å². The first-order chi connectivity index (χ1) is 8.79. The molecule has 1 aromatic heterocycles. The second-order valence-corrected chi connectivity index (χ2v) is 7.56. The smallest absolute Gasteiger partial charge is 0.271 e. The van der Waals surface area contributed by atoms with Crippen molar-refractivity contribution in [3.05, 3.63) is 39.4 Å². The lowest BCUT2D eigenvalue weighted by Crippen LogP contribution is -2.12. The van der Waals surface area contributed by atoms with E-state index in [4.69, 9.17) is 5.73 Å². The van der Waals surface area contributed by atoms with E-state index in [1.807, 2.05) is 0 Å². The number of nitrogen functional groups attached to an aromatic ring is 1. The number of benzene rings is 1. The molecule has 0 atom stereocenters. The van der Waals surface area contributed by atoms with Crippen LogP contribution >= 0.6 is 27.3 Å². The van der Waals surface area contributed by atoms with Crippen molar-refractivity contribution in [1.82, 2.24) is 0 Å². The first-order valence-corrected chi connectivity index (χ1v) is 8.27. The van der Waals surface area contributed by atoms with E-state index in [0.29, 0.717) is 11.3 Å². The molecule has 102 valence electrons. The van der Waals surface area contributed by atoms with Crippen molar-refractivity contribution in [2.24, 2.45) is 0 Å². The van der Waals surface area contributed by atoms with Crippen LogP contribution in [0.4, 0.5) is 15.8 Å². The van der Waals surface area contributed by atoms with E-state index in [-0.39, 0.29) is 14.4 Å². The Hall–Kier alpha value is -1.12. The molecule has 0 fully saturated rings. The Labute approximate surface area is 122 Å². The van der Waals surface area contributed by atoms with Crippen LogP contribution < -0.4 is 10.5 Å². The summed E-state index contributed by atoms with van der Waals surface area (Å²) < 4.78 is 40.3.